The largest absolute Gasteiger partial charge is 0.340 e. The smallest absolute Gasteiger partial charge is 0.239 e. The van der Waals surface area contributed by atoms with Gasteiger partial charge in [0, 0.05) is 32.4 Å². The molecule has 90 valence electrons. The number of aromatic nitrogens is 2. The maximum absolute atomic E-state index is 11.9. The number of hydrogen-bond donors (Lipinski definition) is 1. The molecule has 0 fully saturated rings. The van der Waals surface area contributed by atoms with Crippen LogP contribution in [0.3, 0.4) is 0 Å². The first-order valence-electron chi connectivity index (χ1n) is 5.40. The van der Waals surface area contributed by atoms with Crippen molar-refractivity contribution in [1.29, 1.82) is 0 Å². The molecule has 0 aromatic carbocycles. The van der Waals surface area contributed by atoms with Crippen LogP contribution in [0.1, 0.15) is 19.4 Å². The molecule has 16 heavy (non-hydrogen) atoms. The van der Waals surface area contributed by atoms with Crippen molar-refractivity contribution in [2.24, 2.45) is 18.7 Å². The van der Waals surface area contributed by atoms with E-state index >= 15 is 0 Å². The zero-order valence-electron chi connectivity index (χ0n) is 10.3. The first-order valence-corrected chi connectivity index (χ1v) is 5.40. The summed E-state index contributed by atoms with van der Waals surface area (Å²) in [4.78, 5) is 13.5. The van der Waals surface area contributed by atoms with Crippen LogP contribution >= 0.6 is 0 Å². The standard InChI is InChI=1S/C11H20N4O/c1-8(2)10(12)11(16)14(3)6-9-5-13-15(4)7-9/h5,7-8,10H,6,12H2,1-4H3/t10-/m0/s1. The molecule has 0 saturated carbocycles. The van der Waals surface area contributed by atoms with Crippen LogP contribution in [-0.2, 0) is 18.4 Å². The molecule has 0 unspecified atom stereocenters. The molecule has 0 bridgehead atoms. The van der Waals surface area contributed by atoms with Crippen LogP contribution in [-0.4, -0.2) is 33.7 Å². The van der Waals surface area contributed by atoms with Crippen LogP contribution < -0.4 is 5.73 Å². The van der Waals surface area contributed by atoms with Gasteiger partial charge >= 0.3 is 0 Å². The summed E-state index contributed by atoms with van der Waals surface area (Å²) >= 11 is 0. The number of amides is 1. The number of carbonyl (C=O) groups is 1. The summed E-state index contributed by atoms with van der Waals surface area (Å²) in [5.41, 5.74) is 6.82. The second kappa shape index (κ2) is 5.12. The summed E-state index contributed by atoms with van der Waals surface area (Å²) in [6.07, 6.45) is 3.65. The molecule has 1 aromatic rings. The Morgan fingerprint density at radius 2 is 2.25 bits per heavy atom. The Labute approximate surface area is 96.2 Å². The summed E-state index contributed by atoms with van der Waals surface area (Å²) in [5, 5.41) is 4.06. The molecule has 5 heteroatoms. The Morgan fingerprint density at radius 1 is 1.62 bits per heavy atom. The molecule has 2 N–H and O–H groups in total. The van der Waals surface area contributed by atoms with E-state index in [9.17, 15) is 4.79 Å². The van der Waals surface area contributed by atoms with Crippen molar-refractivity contribution in [3.63, 3.8) is 0 Å². The summed E-state index contributed by atoms with van der Waals surface area (Å²) in [6.45, 7) is 4.44. The third-order valence-electron chi connectivity index (χ3n) is 2.56. The lowest BCUT2D eigenvalue weighted by Crippen LogP contribution is -2.44. The van der Waals surface area contributed by atoms with Gasteiger partial charge in [-0.1, -0.05) is 13.8 Å². The van der Waals surface area contributed by atoms with Crippen LogP contribution in [0.15, 0.2) is 12.4 Å². The van der Waals surface area contributed by atoms with E-state index in [2.05, 4.69) is 5.10 Å². The molecular weight excluding hydrogens is 204 g/mol. The minimum Gasteiger partial charge on any atom is -0.340 e. The lowest BCUT2D eigenvalue weighted by molar-refractivity contribution is -0.132. The van der Waals surface area contributed by atoms with Gasteiger partial charge < -0.3 is 10.6 Å². The summed E-state index contributed by atoms with van der Waals surface area (Å²) < 4.78 is 1.72. The van der Waals surface area contributed by atoms with Gasteiger partial charge in [0.2, 0.25) is 5.91 Å². The average Bonchev–Trinajstić information content (AvgIpc) is 2.61. The number of rotatable bonds is 4. The van der Waals surface area contributed by atoms with E-state index in [4.69, 9.17) is 5.73 Å². The fraction of sp³-hybridized carbons (Fsp3) is 0.636. The van der Waals surface area contributed by atoms with E-state index in [1.54, 1.807) is 22.8 Å². The summed E-state index contributed by atoms with van der Waals surface area (Å²) in [6, 6.07) is -0.429. The van der Waals surface area contributed by atoms with Crippen LogP contribution in [0.5, 0.6) is 0 Å². The van der Waals surface area contributed by atoms with Crippen molar-refractivity contribution in [2.45, 2.75) is 26.4 Å². The highest BCUT2D eigenvalue weighted by atomic mass is 16.2. The van der Waals surface area contributed by atoms with Gasteiger partial charge in [0.25, 0.3) is 0 Å². The van der Waals surface area contributed by atoms with Gasteiger partial charge in [0.15, 0.2) is 0 Å². The molecule has 1 amide bonds. The first-order chi connectivity index (χ1) is 7.41. The highest BCUT2D eigenvalue weighted by Crippen LogP contribution is 2.06. The highest BCUT2D eigenvalue weighted by molar-refractivity contribution is 5.81. The molecule has 0 radical (unpaired) electrons. The van der Waals surface area contributed by atoms with Crippen molar-refractivity contribution < 1.29 is 4.79 Å². The van der Waals surface area contributed by atoms with Crippen molar-refractivity contribution in [3.05, 3.63) is 18.0 Å². The Hall–Kier alpha value is -1.36. The quantitative estimate of drug-likeness (QED) is 0.803. The minimum absolute atomic E-state index is 0.0288. The fourth-order valence-electron chi connectivity index (χ4n) is 1.44. The van der Waals surface area contributed by atoms with Crippen molar-refractivity contribution in [3.8, 4) is 0 Å². The SMILES string of the molecule is CC(C)[C@H](N)C(=O)N(C)Cc1cnn(C)c1. The first kappa shape index (κ1) is 12.7. The highest BCUT2D eigenvalue weighted by Gasteiger charge is 2.21. The van der Waals surface area contributed by atoms with Crippen LogP contribution in [0.25, 0.3) is 0 Å². The molecule has 0 aliphatic rings. The minimum atomic E-state index is -0.429. The topological polar surface area (TPSA) is 64.2 Å². The molecule has 1 rings (SSSR count). The van der Waals surface area contributed by atoms with E-state index in [0.29, 0.717) is 6.54 Å². The fourth-order valence-corrected chi connectivity index (χ4v) is 1.44. The van der Waals surface area contributed by atoms with E-state index in [-0.39, 0.29) is 11.8 Å². The Morgan fingerprint density at radius 3 is 2.69 bits per heavy atom. The number of hydrogen-bond acceptors (Lipinski definition) is 3. The van der Waals surface area contributed by atoms with Crippen molar-refractivity contribution >= 4 is 5.91 Å². The molecule has 1 aromatic heterocycles. The lowest BCUT2D eigenvalue weighted by Gasteiger charge is -2.22. The molecule has 1 heterocycles. The molecule has 0 aliphatic carbocycles. The molecule has 5 nitrogen and oxygen atoms in total. The van der Waals surface area contributed by atoms with Crippen molar-refractivity contribution in [1.82, 2.24) is 14.7 Å². The number of carbonyl (C=O) groups excluding carboxylic acids is 1. The van der Waals surface area contributed by atoms with Gasteiger partial charge in [-0.25, -0.2) is 0 Å². The predicted molar refractivity (Wildman–Crippen MR) is 62.5 cm³/mol. The van der Waals surface area contributed by atoms with Crippen LogP contribution in [0, 0.1) is 5.92 Å². The monoisotopic (exact) mass is 224 g/mol. The number of aryl methyl sites for hydroxylation is 1. The van der Waals surface area contributed by atoms with Gasteiger partial charge in [-0.15, -0.1) is 0 Å². The zero-order chi connectivity index (χ0) is 12.3. The van der Waals surface area contributed by atoms with E-state index in [1.165, 1.54) is 0 Å². The molecule has 0 aliphatic heterocycles. The Bertz CT molecular complexity index is 359. The van der Waals surface area contributed by atoms with Gasteiger partial charge in [-0.2, -0.15) is 5.10 Å². The Kier molecular flexibility index (Phi) is 4.06. The normalized spacial score (nSPS) is 12.9. The van der Waals surface area contributed by atoms with Crippen LogP contribution in [0.2, 0.25) is 0 Å². The zero-order valence-corrected chi connectivity index (χ0v) is 10.3. The third-order valence-corrected chi connectivity index (χ3v) is 2.56. The second-order valence-electron chi connectivity index (χ2n) is 4.49. The lowest BCUT2D eigenvalue weighted by atomic mass is 10.0. The summed E-state index contributed by atoms with van der Waals surface area (Å²) in [7, 11) is 3.61. The van der Waals surface area contributed by atoms with Crippen LogP contribution in [0.4, 0.5) is 0 Å². The maximum Gasteiger partial charge on any atom is 0.239 e. The van der Waals surface area contributed by atoms with E-state index in [0.717, 1.165) is 5.56 Å². The number of likely N-dealkylation sites (N-methyl/N-ethyl adjacent to an activating group) is 1. The van der Waals surface area contributed by atoms with E-state index < -0.39 is 6.04 Å². The number of nitrogens with two attached hydrogens (primary N) is 1. The van der Waals surface area contributed by atoms with Crippen molar-refractivity contribution in [2.75, 3.05) is 7.05 Å². The maximum atomic E-state index is 11.9. The molecule has 0 spiro atoms. The van der Waals surface area contributed by atoms with Gasteiger partial charge in [-0.3, -0.25) is 9.48 Å². The van der Waals surface area contributed by atoms with Gasteiger partial charge in [-0.05, 0) is 5.92 Å². The molecule has 0 saturated heterocycles. The summed E-state index contributed by atoms with van der Waals surface area (Å²) in [5.74, 6) is 0.128. The average molecular weight is 224 g/mol. The molecule has 1 atom stereocenters. The second-order valence-corrected chi connectivity index (χ2v) is 4.49. The third kappa shape index (κ3) is 3.06. The molecular formula is C11H20N4O. The van der Waals surface area contributed by atoms with Gasteiger partial charge in [0.1, 0.15) is 0 Å². The predicted octanol–water partition coefficient (Wildman–Crippen LogP) is 0.362. The van der Waals surface area contributed by atoms with E-state index in [1.807, 2.05) is 27.1 Å². The Balaban J connectivity index is 2.58. The number of nitrogens with zero attached hydrogens (tertiary/aromatic N) is 3. The van der Waals surface area contributed by atoms with Gasteiger partial charge in [0.05, 0.1) is 12.2 Å².